The molecular formula is C23H29N3O5. The quantitative estimate of drug-likeness (QED) is 0.765. The minimum Gasteiger partial charge on any atom is -0.497 e. The second-order valence-electron chi connectivity index (χ2n) is 8.23. The summed E-state index contributed by atoms with van der Waals surface area (Å²) in [6.07, 6.45) is 6.98. The fraction of sp³-hybridized carbons (Fsp3) is 0.522. The number of anilines is 1. The highest BCUT2D eigenvalue weighted by Crippen LogP contribution is 2.29. The van der Waals surface area contributed by atoms with Gasteiger partial charge in [-0.15, -0.1) is 0 Å². The average molecular weight is 428 g/mol. The highest BCUT2D eigenvalue weighted by molar-refractivity contribution is 5.92. The van der Waals surface area contributed by atoms with Gasteiger partial charge in [0.2, 0.25) is 5.91 Å². The van der Waals surface area contributed by atoms with Crippen LogP contribution in [-0.2, 0) is 24.2 Å². The van der Waals surface area contributed by atoms with Gasteiger partial charge in [-0.05, 0) is 44.2 Å². The number of nitrogens with zero attached hydrogens (tertiary/aromatic N) is 2. The summed E-state index contributed by atoms with van der Waals surface area (Å²) in [5.41, 5.74) is 1.38. The van der Waals surface area contributed by atoms with E-state index in [0.29, 0.717) is 41.3 Å². The molecule has 0 radical (unpaired) electrons. The molecule has 1 fully saturated rings. The van der Waals surface area contributed by atoms with Gasteiger partial charge in [-0.1, -0.05) is 19.3 Å². The Labute approximate surface area is 180 Å². The molecule has 0 atom stereocenters. The van der Waals surface area contributed by atoms with Gasteiger partial charge in [0.15, 0.2) is 0 Å². The maximum absolute atomic E-state index is 13.3. The topological polar surface area (TPSA) is 91.6 Å². The Morgan fingerprint density at radius 3 is 2.55 bits per heavy atom. The summed E-state index contributed by atoms with van der Waals surface area (Å²) in [5.74, 6) is 0.745. The van der Waals surface area contributed by atoms with Crippen LogP contribution in [0.3, 0.4) is 0 Å². The second-order valence-corrected chi connectivity index (χ2v) is 8.23. The fourth-order valence-electron chi connectivity index (χ4n) is 4.79. The van der Waals surface area contributed by atoms with Crippen molar-refractivity contribution in [3.8, 4) is 11.5 Å². The number of methoxy groups -OCH3 is 2. The molecule has 2 aromatic rings. The molecule has 0 bridgehead atoms. The Balaban J connectivity index is 1.65. The molecule has 0 saturated heterocycles. The second kappa shape index (κ2) is 8.99. The molecule has 31 heavy (non-hydrogen) atoms. The van der Waals surface area contributed by atoms with Crippen molar-refractivity contribution in [2.75, 3.05) is 19.5 Å². The van der Waals surface area contributed by atoms with Crippen LogP contribution in [0.4, 0.5) is 5.69 Å². The summed E-state index contributed by atoms with van der Waals surface area (Å²) in [6.45, 7) is -0.136. The zero-order valence-electron chi connectivity index (χ0n) is 18.1. The molecule has 0 aliphatic heterocycles. The first-order valence-corrected chi connectivity index (χ1v) is 10.9. The number of ether oxygens (including phenoxy) is 2. The van der Waals surface area contributed by atoms with Gasteiger partial charge in [0.1, 0.15) is 18.0 Å². The Morgan fingerprint density at radius 2 is 1.84 bits per heavy atom. The Morgan fingerprint density at radius 1 is 1.06 bits per heavy atom. The molecule has 1 N–H and O–H groups in total. The molecule has 1 aromatic heterocycles. The highest BCUT2D eigenvalue weighted by atomic mass is 16.5. The number of amides is 1. The Kier molecular flexibility index (Phi) is 6.15. The number of nitrogens with one attached hydrogen (secondary N) is 1. The number of hydrogen-bond donors (Lipinski definition) is 1. The number of rotatable bonds is 6. The Bertz CT molecular complexity index is 1100. The largest absolute Gasteiger partial charge is 0.497 e. The monoisotopic (exact) mass is 427 g/mol. The predicted octanol–water partition coefficient (Wildman–Crippen LogP) is 2.66. The van der Waals surface area contributed by atoms with Crippen molar-refractivity contribution in [1.82, 2.24) is 9.13 Å². The smallest absolute Gasteiger partial charge is 0.331 e. The molecule has 1 saturated carbocycles. The zero-order chi connectivity index (χ0) is 22.0. The summed E-state index contributed by atoms with van der Waals surface area (Å²) in [7, 11) is 3.07. The first kappa shape index (κ1) is 21.2. The van der Waals surface area contributed by atoms with E-state index in [0.717, 1.165) is 38.5 Å². The normalized spacial score (nSPS) is 16.1. The lowest BCUT2D eigenvalue weighted by molar-refractivity contribution is -0.116. The van der Waals surface area contributed by atoms with Crippen LogP contribution in [0, 0.1) is 0 Å². The summed E-state index contributed by atoms with van der Waals surface area (Å²) < 4.78 is 13.5. The van der Waals surface area contributed by atoms with Gasteiger partial charge in [0.05, 0.1) is 19.9 Å². The van der Waals surface area contributed by atoms with Crippen molar-refractivity contribution < 1.29 is 14.3 Å². The van der Waals surface area contributed by atoms with Gasteiger partial charge in [0.25, 0.3) is 5.56 Å². The molecule has 4 rings (SSSR count). The van der Waals surface area contributed by atoms with E-state index >= 15 is 0 Å². The standard InChI is InChI=1S/C23H29N3O5/c1-30-16-11-12-18(20(13-16)31-2)24-21(27)14-25-19-10-6-9-17(19)22(28)26(23(25)29)15-7-4-3-5-8-15/h11-13,15H,3-10,14H2,1-2H3,(H,24,27). The third-order valence-electron chi connectivity index (χ3n) is 6.35. The first-order valence-electron chi connectivity index (χ1n) is 10.9. The Hall–Kier alpha value is -3.03. The number of aromatic nitrogens is 2. The minimum absolute atomic E-state index is 0.0735. The third-order valence-corrected chi connectivity index (χ3v) is 6.35. The summed E-state index contributed by atoms with van der Waals surface area (Å²) in [4.78, 5) is 39.3. The number of benzene rings is 1. The van der Waals surface area contributed by atoms with Gasteiger partial charge >= 0.3 is 5.69 Å². The summed E-state index contributed by atoms with van der Waals surface area (Å²) >= 11 is 0. The molecule has 8 nitrogen and oxygen atoms in total. The van der Waals surface area contributed by atoms with E-state index < -0.39 is 0 Å². The molecule has 1 heterocycles. The molecule has 166 valence electrons. The molecular weight excluding hydrogens is 398 g/mol. The van der Waals surface area contributed by atoms with E-state index in [1.807, 2.05) is 0 Å². The van der Waals surface area contributed by atoms with Crippen LogP contribution in [0.5, 0.6) is 11.5 Å². The number of hydrogen-bond acceptors (Lipinski definition) is 5. The lowest BCUT2D eigenvalue weighted by atomic mass is 9.95. The molecule has 0 spiro atoms. The van der Waals surface area contributed by atoms with Crippen LogP contribution >= 0.6 is 0 Å². The van der Waals surface area contributed by atoms with Crippen molar-refractivity contribution in [3.05, 3.63) is 50.3 Å². The van der Waals surface area contributed by atoms with E-state index in [4.69, 9.17) is 9.47 Å². The van der Waals surface area contributed by atoms with Gasteiger partial charge in [-0.2, -0.15) is 0 Å². The van der Waals surface area contributed by atoms with Crippen LogP contribution in [0.1, 0.15) is 55.8 Å². The molecule has 8 heteroatoms. The van der Waals surface area contributed by atoms with Crippen molar-refractivity contribution >= 4 is 11.6 Å². The van der Waals surface area contributed by atoms with Gasteiger partial charge in [0, 0.05) is 23.4 Å². The fourth-order valence-corrected chi connectivity index (χ4v) is 4.79. The summed E-state index contributed by atoms with van der Waals surface area (Å²) in [5, 5.41) is 2.83. The van der Waals surface area contributed by atoms with Crippen LogP contribution < -0.4 is 26.0 Å². The average Bonchev–Trinajstić information content (AvgIpc) is 3.28. The van der Waals surface area contributed by atoms with Crippen molar-refractivity contribution in [1.29, 1.82) is 0 Å². The third kappa shape index (κ3) is 4.11. The van der Waals surface area contributed by atoms with Gasteiger partial charge < -0.3 is 14.8 Å². The maximum Gasteiger partial charge on any atom is 0.331 e. The SMILES string of the molecule is COc1ccc(NC(=O)Cn2c3c(c(=O)n(C4CCCCC4)c2=O)CCC3)c(OC)c1. The van der Waals surface area contributed by atoms with Crippen molar-refractivity contribution in [3.63, 3.8) is 0 Å². The minimum atomic E-state index is -0.366. The van der Waals surface area contributed by atoms with Crippen LogP contribution in [0.25, 0.3) is 0 Å². The van der Waals surface area contributed by atoms with Crippen LogP contribution in [-0.4, -0.2) is 29.3 Å². The van der Waals surface area contributed by atoms with Gasteiger partial charge in [-0.25, -0.2) is 4.79 Å². The van der Waals surface area contributed by atoms with Crippen LogP contribution in [0.15, 0.2) is 27.8 Å². The lowest BCUT2D eigenvalue weighted by Crippen LogP contribution is -2.46. The van der Waals surface area contributed by atoms with E-state index in [2.05, 4.69) is 5.32 Å². The maximum atomic E-state index is 13.3. The number of fused-ring (bicyclic) bond motifs is 1. The predicted molar refractivity (Wildman–Crippen MR) is 117 cm³/mol. The molecule has 1 aromatic carbocycles. The molecule has 1 amide bonds. The van der Waals surface area contributed by atoms with E-state index in [1.54, 1.807) is 25.3 Å². The van der Waals surface area contributed by atoms with Crippen molar-refractivity contribution in [2.45, 2.75) is 64.0 Å². The molecule has 2 aliphatic rings. The summed E-state index contributed by atoms with van der Waals surface area (Å²) in [6, 6.07) is 5.04. The van der Waals surface area contributed by atoms with Gasteiger partial charge in [-0.3, -0.25) is 18.7 Å². The van der Waals surface area contributed by atoms with Crippen molar-refractivity contribution in [2.24, 2.45) is 0 Å². The lowest BCUT2D eigenvalue weighted by Gasteiger charge is -2.25. The molecule has 0 unspecified atom stereocenters. The molecule has 2 aliphatic carbocycles. The van der Waals surface area contributed by atoms with E-state index in [9.17, 15) is 14.4 Å². The van der Waals surface area contributed by atoms with E-state index in [1.165, 1.54) is 16.2 Å². The zero-order valence-corrected chi connectivity index (χ0v) is 18.1. The number of carbonyl (C=O) groups excluding carboxylic acids is 1. The number of carbonyl (C=O) groups is 1. The van der Waals surface area contributed by atoms with Crippen LogP contribution in [0.2, 0.25) is 0 Å². The van der Waals surface area contributed by atoms with E-state index in [-0.39, 0.29) is 29.7 Å². The highest BCUT2D eigenvalue weighted by Gasteiger charge is 2.28. The first-order chi connectivity index (χ1) is 15.0.